The van der Waals surface area contributed by atoms with E-state index in [9.17, 15) is 4.79 Å². The van der Waals surface area contributed by atoms with Gasteiger partial charge in [0.2, 0.25) is 0 Å². The number of ether oxygens (including phenoxy) is 1. The van der Waals surface area contributed by atoms with E-state index in [2.05, 4.69) is 6.92 Å². The summed E-state index contributed by atoms with van der Waals surface area (Å²) < 4.78 is 4.86. The molecule has 0 aromatic heterocycles. The third kappa shape index (κ3) is 6.16. The highest BCUT2D eigenvalue weighted by Gasteiger charge is 2.06. The van der Waals surface area contributed by atoms with Gasteiger partial charge < -0.3 is 9.84 Å². The zero-order valence-electron chi connectivity index (χ0n) is 7.88. The summed E-state index contributed by atoms with van der Waals surface area (Å²) in [7, 11) is 0. The van der Waals surface area contributed by atoms with E-state index in [0.717, 1.165) is 19.3 Å². The summed E-state index contributed by atoms with van der Waals surface area (Å²) in [5.41, 5.74) is 0. The van der Waals surface area contributed by atoms with Gasteiger partial charge in [-0.1, -0.05) is 19.8 Å². The topological polar surface area (TPSA) is 46.5 Å². The van der Waals surface area contributed by atoms with Crippen molar-refractivity contribution < 1.29 is 14.6 Å². The number of aliphatic hydroxyl groups is 1. The first-order valence-electron chi connectivity index (χ1n) is 4.51. The average molecular weight is 174 g/mol. The fourth-order valence-corrected chi connectivity index (χ4v) is 0.840. The summed E-state index contributed by atoms with van der Waals surface area (Å²) in [6, 6.07) is 0. The van der Waals surface area contributed by atoms with Crippen LogP contribution < -0.4 is 0 Å². The van der Waals surface area contributed by atoms with Crippen LogP contribution in [-0.4, -0.2) is 23.8 Å². The number of rotatable bonds is 6. The lowest BCUT2D eigenvalue weighted by atomic mass is 10.2. The molecule has 0 radical (unpaired) electrons. The molecule has 12 heavy (non-hydrogen) atoms. The largest absolute Gasteiger partial charge is 0.460 e. The number of carbonyl (C=O) groups excluding carboxylic acids is 1. The molecule has 1 unspecified atom stereocenters. The molecule has 0 aliphatic carbocycles. The molecule has 0 aromatic rings. The van der Waals surface area contributed by atoms with Crippen LogP contribution in [0.25, 0.3) is 0 Å². The van der Waals surface area contributed by atoms with Crippen molar-refractivity contribution in [2.45, 2.75) is 45.6 Å². The van der Waals surface area contributed by atoms with Crippen LogP contribution in [0.4, 0.5) is 0 Å². The average Bonchev–Trinajstić information content (AvgIpc) is 2.05. The van der Waals surface area contributed by atoms with Gasteiger partial charge in [-0.15, -0.1) is 0 Å². The normalized spacial score (nSPS) is 12.6. The second-order valence-electron chi connectivity index (χ2n) is 2.94. The van der Waals surface area contributed by atoms with E-state index in [-0.39, 0.29) is 18.7 Å². The molecule has 1 N–H and O–H groups in total. The molecular formula is C9H18O3. The molecule has 72 valence electrons. The minimum atomic E-state index is -0.362. The van der Waals surface area contributed by atoms with Gasteiger partial charge in [0.15, 0.2) is 0 Å². The molecule has 0 heterocycles. The smallest absolute Gasteiger partial charge is 0.306 e. The Hall–Kier alpha value is -0.570. The van der Waals surface area contributed by atoms with E-state index >= 15 is 0 Å². The highest BCUT2D eigenvalue weighted by atomic mass is 16.5. The number of unbranched alkanes of at least 4 members (excludes halogenated alkanes) is 2. The molecule has 0 fully saturated rings. The quantitative estimate of drug-likeness (QED) is 0.490. The molecule has 3 nitrogen and oxygen atoms in total. The number of aliphatic hydroxyl groups excluding tert-OH is 1. The molecule has 3 heteroatoms. The Balaban J connectivity index is 3.33. The first-order chi connectivity index (χ1) is 5.70. The fraction of sp³-hybridized carbons (Fsp3) is 0.889. The van der Waals surface area contributed by atoms with Crippen LogP contribution in [-0.2, 0) is 9.53 Å². The number of hydrogen-bond donors (Lipinski definition) is 1. The van der Waals surface area contributed by atoms with Crippen LogP contribution in [0.15, 0.2) is 0 Å². The van der Waals surface area contributed by atoms with Gasteiger partial charge >= 0.3 is 5.97 Å². The predicted octanol–water partition coefficient (Wildman–Crippen LogP) is 1.49. The van der Waals surface area contributed by atoms with Gasteiger partial charge in [0, 0.05) is 6.42 Å². The van der Waals surface area contributed by atoms with Crippen molar-refractivity contribution in [3.8, 4) is 0 Å². The number of hydrogen-bond acceptors (Lipinski definition) is 3. The summed E-state index contributed by atoms with van der Waals surface area (Å²) in [5.74, 6) is -0.204. The van der Waals surface area contributed by atoms with E-state index in [1.54, 1.807) is 6.92 Å². The minimum Gasteiger partial charge on any atom is -0.460 e. The number of esters is 1. The molecule has 0 aliphatic heterocycles. The van der Waals surface area contributed by atoms with E-state index < -0.39 is 0 Å². The zero-order chi connectivity index (χ0) is 9.40. The first-order valence-corrected chi connectivity index (χ1v) is 4.51. The van der Waals surface area contributed by atoms with Crippen molar-refractivity contribution in [1.82, 2.24) is 0 Å². The maximum Gasteiger partial charge on any atom is 0.306 e. The third-order valence-electron chi connectivity index (χ3n) is 1.57. The van der Waals surface area contributed by atoms with Crippen LogP contribution in [0.5, 0.6) is 0 Å². The fourth-order valence-electron chi connectivity index (χ4n) is 0.840. The van der Waals surface area contributed by atoms with Gasteiger partial charge in [-0.25, -0.2) is 0 Å². The van der Waals surface area contributed by atoms with Gasteiger partial charge in [0.25, 0.3) is 0 Å². The van der Waals surface area contributed by atoms with Crippen molar-refractivity contribution in [3.05, 3.63) is 0 Å². The van der Waals surface area contributed by atoms with E-state index in [0.29, 0.717) is 6.42 Å². The lowest BCUT2D eigenvalue weighted by Crippen LogP contribution is -2.17. The molecule has 0 aliphatic rings. The second-order valence-corrected chi connectivity index (χ2v) is 2.94. The Morgan fingerprint density at radius 2 is 2.17 bits per heavy atom. The molecule has 0 saturated heterocycles. The monoisotopic (exact) mass is 174 g/mol. The maximum absolute atomic E-state index is 11.0. The Labute approximate surface area is 73.7 Å². The Morgan fingerprint density at radius 1 is 1.50 bits per heavy atom. The highest BCUT2D eigenvalue weighted by molar-refractivity contribution is 5.69. The summed E-state index contributed by atoms with van der Waals surface area (Å²) in [5, 5.41) is 8.58. The third-order valence-corrected chi connectivity index (χ3v) is 1.57. The molecule has 1 atom stereocenters. The summed E-state index contributed by atoms with van der Waals surface area (Å²) in [6.45, 7) is 3.67. The summed E-state index contributed by atoms with van der Waals surface area (Å²) >= 11 is 0. The van der Waals surface area contributed by atoms with Crippen LogP contribution in [0, 0.1) is 0 Å². The second kappa shape index (κ2) is 7.10. The van der Waals surface area contributed by atoms with Crippen molar-refractivity contribution in [1.29, 1.82) is 0 Å². The number of carbonyl (C=O) groups is 1. The molecule has 0 saturated carbocycles. The standard InChI is InChI=1S/C9H18O3/c1-3-4-5-6-9(11)12-8(2)7-10/h8,10H,3-7H2,1-2H3. The first kappa shape index (κ1) is 11.4. The lowest BCUT2D eigenvalue weighted by Gasteiger charge is -2.09. The van der Waals surface area contributed by atoms with Gasteiger partial charge in [-0.3, -0.25) is 4.79 Å². The van der Waals surface area contributed by atoms with Crippen LogP contribution in [0.1, 0.15) is 39.5 Å². The van der Waals surface area contributed by atoms with Gasteiger partial charge in [-0.05, 0) is 13.3 Å². The Bertz CT molecular complexity index is 123. The van der Waals surface area contributed by atoms with Crippen LogP contribution in [0.2, 0.25) is 0 Å². The summed E-state index contributed by atoms with van der Waals surface area (Å²) in [4.78, 5) is 11.0. The SMILES string of the molecule is CCCCCC(=O)OC(C)CO. The van der Waals surface area contributed by atoms with Gasteiger partial charge in [-0.2, -0.15) is 0 Å². The van der Waals surface area contributed by atoms with Gasteiger partial charge in [0.1, 0.15) is 6.10 Å². The lowest BCUT2D eigenvalue weighted by molar-refractivity contribution is -0.150. The Kier molecular flexibility index (Phi) is 6.76. The molecule has 0 spiro atoms. The molecule has 0 rings (SSSR count). The summed E-state index contributed by atoms with van der Waals surface area (Å²) in [6.07, 6.45) is 3.15. The van der Waals surface area contributed by atoms with E-state index in [1.807, 2.05) is 0 Å². The van der Waals surface area contributed by atoms with Crippen molar-refractivity contribution >= 4 is 5.97 Å². The minimum absolute atomic E-state index is 0.0977. The van der Waals surface area contributed by atoms with Crippen molar-refractivity contribution in [2.24, 2.45) is 0 Å². The van der Waals surface area contributed by atoms with Crippen molar-refractivity contribution in [3.63, 3.8) is 0 Å². The molecule has 0 amide bonds. The van der Waals surface area contributed by atoms with E-state index in [1.165, 1.54) is 0 Å². The molecule has 0 aromatic carbocycles. The maximum atomic E-state index is 11.0. The zero-order valence-corrected chi connectivity index (χ0v) is 7.88. The Morgan fingerprint density at radius 3 is 2.67 bits per heavy atom. The molecule has 0 bridgehead atoms. The van der Waals surface area contributed by atoms with Crippen LogP contribution in [0.3, 0.4) is 0 Å². The molecular weight excluding hydrogens is 156 g/mol. The highest BCUT2D eigenvalue weighted by Crippen LogP contribution is 2.02. The van der Waals surface area contributed by atoms with Crippen molar-refractivity contribution in [2.75, 3.05) is 6.61 Å². The van der Waals surface area contributed by atoms with E-state index in [4.69, 9.17) is 9.84 Å². The van der Waals surface area contributed by atoms with Crippen LogP contribution >= 0.6 is 0 Å². The predicted molar refractivity (Wildman–Crippen MR) is 46.8 cm³/mol. The van der Waals surface area contributed by atoms with Gasteiger partial charge in [0.05, 0.1) is 6.61 Å².